The maximum atomic E-state index is 14.5. The Morgan fingerprint density at radius 3 is 2.60 bits per heavy atom. The van der Waals surface area contributed by atoms with Crippen LogP contribution >= 0.6 is 0 Å². The van der Waals surface area contributed by atoms with Gasteiger partial charge in [-0.1, -0.05) is 49.4 Å². The van der Waals surface area contributed by atoms with E-state index >= 15 is 0 Å². The molecule has 0 saturated heterocycles. The number of nitrogens with zero attached hydrogens (tertiary/aromatic N) is 2. The lowest BCUT2D eigenvalue weighted by molar-refractivity contribution is -0.0177. The highest BCUT2D eigenvalue weighted by Crippen LogP contribution is 2.33. The Morgan fingerprint density at radius 2 is 1.75 bits per heavy atom. The van der Waals surface area contributed by atoms with Gasteiger partial charge in [-0.05, 0) is 87.5 Å². The fourth-order valence-corrected chi connectivity index (χ4v) is 6.80. The van der Waals surface area contributed by atoms with Crippen molar-refractivity contribution < 1.29 is 33.6 Å². The van der Waals surface area contributed by atoms with Gasteiger partial charge in [0.05, 0.1) is 36.1 Å². The minimum absolute atomic E-state index is 0.0730. The normalized spacial score (nSPS) is 20.2. The molecule has 0 saturated carbocycles. The van der Waals surface area contributed by atoms with Gasteiger partial charge < -0.3 is 39.6 Å². The second-order valence-corrected chi connectivity index (χ2v) is 14.0. The number of urea groups is 1. The Balaban J connectivity index is 1.22. The van der Waals surface area contributed by atoms with Gasteiger partial charge >= 0.3 is 6.03 Å². The maximum Gasteiger partial charge on any atom is 0.323 e. The molecule has 11 nitrogen and oxygen atoms in total. The standard InChI is InChI=1S/C41H50N4O7/c1-27-22-45(28(2)25-46)40(47)34-21-32(42-41(48)43-35-14-9-12-31-11-5-6-13-33(31)35)16-18-36(34)52-29(3)10-7-8-19-49-39(27)24-44(4)23-30-15-17-37-38(20-30)51-26-50-37/h5-6,9,11-18,20-21,27-29,39,46H,7-8,10,19,22-26H2,1-4H3,(H2,42,43,48)/t27-,28+,29+,39+/m1/s1. The molecule has 2 aliphatic heterocycles. The first-order valence-corrected chi connectivity index (χ1v) is 18.2. The number of amides is 3. The number of nitrogens with one attached hydrogen (secondary N) is 2. The number of ether oxygens (including phenoxy) is 4. The summed E-state index contributed by atoms with van der Waals surface area (Å²) in [6.07, 6.45) is 2.22. The molecule has 0 unspecified atom stereocenters. The molecule has 11 heteroatoms. The van der Waals surface area contributed by atoms with Gasteiger partial charge in [-0.25, -0.2) is 4.79 Å². The van der Waals surface area contributed by atoms with Crippen LogP contribution in [-0.4, -0.2) is 85.2 Å². The van der Waals surface area contributed by atoms with Crippen LogP contribution in [0.5, 0.6) is 17.2 Å². The highest BCUT2D eigenvalue weighted by Gasteiger charge is 2.30. The van der Waals surface area contributed by atoms with Crippen molar-refractivity contribution in [2.24, 2.45) is 5.92 Å². The molecule has 0 bridgehead atoms. The van der Waals surface area contributed by atoms with E-state index in [9.17, 15) is 14.7 Å². The van der Waals surface area contributed by atoms with E-state index < -0.39 is 12.1 Å². The van der Waals surface area contributed by atoms with E-state index in [0.29, 0.717) is 48.9 Å². The Hall–Kier alpha value is -4.84. The number of likely N-dealkylation sites (N-methyl/N-ethyl adjacent to an activating group) is 1. The lowest BCUT2D eigenvalue weighted by atomic mass is 10.0. The highest BCUT2D eigenvalue weighted by atomic mass is 16.7. The van der Waals surface area contributed by atoms with E-state index in [0.717, 1.165) is 47.1 Å². The zero-order chi connectivity index (χ0) is 36.6. The summed E-state index contributed by atoms with van der Waals surface area (Å²) in [6.45, 7) is 8.19. The molecule has 4 atom stereocenters. The lowest BCUT2D eigenvalue weighted by Gasteiger charge is -2.36. The first kappa shape index (κ1) is 36.9. The molecule has 0 aromatic heterocycles. The van der Waals surface area contributed by atoms with Crippen molar-refractivity contribution >= 4 is 34.1 Å². The molecule has 0 fully saturated rings. The van der Waals surface area contributed by atoms with E-state index in [4.69, 9.17) is 18.9 Å². The number of hydrogen-bond acceptors (Lipinski definition) is 8. The Morgan fingerprint density at radius 1 is 0.962 bits per heavy atom. The summed E-state index contributed by atoms with van der Waals surface area (Å²) in [4.78, 5) is 31.7. The summed E-state index contributed by atoms with van der Waals surface area (Å²) in [6, 6.07) is 23.8. The predicted molar refractivity (Wildman–Crippen MR) is 202 cm³/mol. The summed E-state index contributed by atoms with van der Waals surface area (Å²) in [5.41, 5.74) is 2.54. The Labute approximate surface area is 305 Å². The van der Waals surface area contributed by atoms with Gasteiger partial charge in [-0.3, -0.25) is 9.69 Å². The van der Waals surface area contributed by atoms with Gasteiger partial charge in [0.1, 0.15) is 5.75 Å². The largest absolute Gasteiger partial charge is 0.490 e. The van der Waals surface area contributed by atoms with E-state index in [1.165, 1.54) is 0 Å². The molecule has 3 N–H and O–H groups in total. The summed E-state index contributed by atoms with van der Waals surface area (Å²) < 4.78 is 24.0. The topological polar surface area (TPSA) is 122 Å². The quantitative estimate of drug-likeness (QED) is 0.177. The number of hydrogen-bond donors (Lipinski definition) is 3. The first-order chi connectivity index (χ1) is 25.2. The van der Waals surface area contributed by atoms with Crippen molar-refractivity contribution in [3.63, 3.8) is 0 Å². The van der Waals surface area contributed by atoms with Gasteiger partial charge in [0.15, 0.2) is 11.5 Å². The molecule has 4 aromatic carbocycles. The smallest absolute Gasteiger partial charge is 0.323 e. The number of anilines is 2. The molecule has 6 rings (SSSR count). The fraction of sp³-hybridized carbons (Fsp3) is 0.415. The second kappa shape index (κ2) is 17.1. The molecule has 52 heavy (non-hydrogen) atoms. The number of fused-ring (bicyclic) bond motifs is 3. The van der Waals surface area contributed by atoms with Crippen molar-refractivity contribution in [2.45, 2.75) is 64.8 Å². The van der Waals surface area contributed by atoms with E-state index in [1.54, 1.807) is 23.1 Å². The van der Waals surface area contributed by atoms with Crippen LogP contribution in [0, 0.1) is 5.92 Å². The molecule has 2 aliphatic rings. The van der Waals surface area contributed by atoms with Crippen LogP contribution in [0.1, 0.15) is 56.0 Å². The first-order valence-electron chi connectivity index (χ1n) is 18.2. The summed E-state index contributed by atoms with van der Waals surface area (Å²) in [7, 11) is 2.06. The number of aliphatic hydroxyl groups is 1. The summed E-state index contributed by atoms with van der Waals surface area (Å²) in [5.74, 6) is 1.58. The molecule has 0 aliphatic carbocycles. The third-order valence-corrected chi connectivity index (χ3v) is 9.73. The number of rotatable bonds is 8. The molecule has 2 heterocycles. The van der Waals surface area contributed by atoms with Crippen LogP contribution in [0.2, 0.25) is 0 Å². The molecule has 276 valence electrons. The predicted octanol–water partition coefficient (Wildman–Crippen LogP) is 7.14. The second-order valence-electron chi connectivity index (χ2n) is 14.0. The minimum atomic E-state index is -0.480. The van der Waals surface area contributed by atoms with E-state index in [2.05, 4.69) is 29.5 Å². The van der Waals surface area contributed by atoms with Crippen LogP contribution in [0.25, 0.3) is 10.8 Å². The number of benzene rings is 4. The number of carbonyl (C=O) groups excluding carboxylic acids is 2. The van der Waals surface area contributed by atoms with Crippen molar-refractivity contribution in [1.82, 2.24) is 9.80 Å². The van der Waals surface area contributed by atoms with Crippen molar-refractivity contribution in [3.05, 3.63) is 90.0 Å². The third-order valence-electron chi connectivity index (χ3n) is 9.73. The van der Waals surface area contributed by atoms with Gasteiger partial charge in [-0.2, -0.15) is 0 Å². The Kier molecular flexibility index (Phi) is 12.2. The fourth-order valence-electron chi connectivity index (χ4n) is 6.80. The van der Waals surface area contributed by atoms with Crippen LogP contribution in [0.4, 0.5) is 16.2 Å². The number of aliphatic hydroxyl groups excluding tert-OH is 1. The minimum Gasteiger partial charge on any atom is -0.490 e. The molecule has 0 spiro atoms. The molecular weight excluding hydrogens is 660 g/mol. The van der Waals surface area contributed by atoms with Crippen LogP contribution < -0.4 is 24.8 Å². The van der Waals surface area contributed by atoms with Crippen LogP contribution in [-0.2, 0) is 11.3 Å². The van der Waals surface area contributed by atoms with Crippen LogP contribution in [0.15, 0.2) is 78.9 Å². The molecule has 3 amide bonds. The third kappa shape index (κ3) is 9.14. The van der Waals surface area contributed by atoms with Crippen molar-refractivity contribution in [3.8, 4) is 17.2 Å². The maximum absolute atomic E-state index is 14.5. The van der Waals surface area contributed by atoms with Crippen molar-refractivity contribution in [1.29, 1.82) is 0 Å². The van der Waals surface area contributed by atoms with Gasteiger partial charge in [0, 0.05) is 43.2 Å². The van der Waals surface area contributed by atoms with Gasteiger partial charge in [0.25, 0.3) is 5.91 Å². The zero-order valence-electron chi connectivity index (χ0n) is 30.5. The van der Waals surface area contributed by atoms with E-state index in [1.807, 2.05) is 74.5 Å². The van der Waals surface area contributed by atoms with Gasteiger partial charge in [0.2, 0.25) is 6.79 Å². The highest BCUT2D eigenvalue weighted by molar-refractivity contribution is 6.07. The van der Waals surface area contributed by atoms with Crippen molar-refractivity contribution in [2.75, 3.05) is 50.8 Å². The lowest BCUT2D eigenvalue weighted by Crippen LogP contribution is -2.47. The summed E-state index contributed by atoms with van der Waals surface area (Å²) in [5, 5.41) is 18.1. The summed E-state index contributed by atoms with van der Waals surface area (Å²) >= 11 is 0. The molecular formula is C41H50N4O7. The Bertz CT molecular complexity index is 1850. The average Bonchev–Trinajstić information content (AvgIpc) is 3.61. The van der Waals surface area contributed by atoms with E-state index in [-0.39, 0.29) is 37.4 Å². The SMILES string of the molecule is C[C@@H]1CN([C@@H](C)CO)C(=O)c2cc(NC(=O)Nc3cccc4ccccc34)ccc2O[C@@H](C)CCCCO[C@H]1CN(C)Cc1ccc2c(c1)OCO2. The number of carbonyl (C=O) groups is 2. The monoisotopic (exact) mass is 710 g/mol. The molecule has 0 radical (unpaired) electrons. The van der Waals surface area contributed by atoms with Crippen LogP contribution in [0.3, 0.4) is 0 Å². The zero-order valence-corrected chi connectivity index (χ0v) is 30.5. The average molecular weight is 711 g/mol. The van der Waals surface area contributed by atoms with Gasteiger partial charge in [-0.15, -0.1) is 0 Å². The molecule has 4 aromatic rings.